The number of H-pyrrole nitrogens is 1. The summed E-state index contributed by atoms with van der Waals surface area (Å²) in [5, 5.41) is 10.4. The van der Waals surface area contributed by atoms with E-state index in [0.29, 0.717) is 5.69 Å². The Morgan fingerprint density at radius 3 is 2.68 bits per heavy atom. The van der Waals surface area contributed by atoms with E-state index in [0.717, 1.165) is 25.3 Å². The molecule has 19 heavy (non-hydrogen) atoms. The number of carbonyl (C=O) groups is 1. The minimum atomic E-state index is -0.0133. The zero-order valence-electron chi connectivity index (χ0n) is 12.0. The lowest BCUT2D eigenvalue weighted by molar-refractivity contribution is 0.0649. The monoisotopic (exact) mass is 286 g/mol. The summed E-state index contributed by atoms with van der Waals surface area (Å²) in [5.41, 5.74) is 1.50. The molecule has 1 fully saturated rings. The van der Waals surface area contributed by atoms with Gasteiger partial charge in [0.2, 0.25) is 0 Å². The van der Waals surface area contributed by atoms with Crippen molar-refractivity contribution in [2.24, 2.45) is 0 Å². The Hall–Kier alpha value is -1.07. The Kier molecular flexibility index (Phi) is 4.98. The number of rotatable bonds is 1. The summed E-state index contributed by atoms with van der Waals surface area (Å²) in [6.07, 6.45) is 0. The van der Waals surface area contributed by atoms with Crippen molar-refractivity contribution in [3.63, 3.8) is 0 Å². The van der Waals surface area contributed by atoms with E-state index in [9.17, 15) is 4.79 Å². The number of aromatic nitrogens is 2. The number of piperazine rings is 1. The molecule has 108 valence electrons. The zero-order valence-corrected chi connectivity index (χ0v) is 12.8. The van der Waals surface area contributed by atoms with Gasteiger partial charge in [0.15, 0.2) is 0 Å². The number of amides is 1. The summed E-state index contributed by atoms with van der Waals surface area (Å²) >= 11 is 0. The highest BCUT2D eigenvalue weighted by atomic mass is 35.5. The van der Waals surface area contributed by atoms with Gasteiger partial charge in [0.1, 0.15) is 5.69 Å². The first-order valence-corrected chi connectivity index (χ1v) is 6.47. The third-order valence-corrected chi connectivity index (χ3v) is 3.37. The van der Waals surface area contributed by atoms with E-state index < -0.39 is 0 Å². The number of nitrogens with zero attached hydrogens (tertiary/aromatic N) is 2. The van der Waals surface area contributed by atoms with Crippen molar-refractivity contribution in [1.29, 1.82) is 0 Å². The summed E-state index contributed by atoms with van der Waals surface area (Å²) < 4.78 is 0. The van der Waals surface area contributed by atoms with Crippen LogP contribution in [0.3, 0.4) is 0 Å². The molecule has 1 aromatic heterocycles. The van der Waals surface area contributed by atoms with Gasteiger partial charge in [-0.2, -0.15) is 5.10 Å². The Balaban J connectivity index is 0.00000180. The third-order valence-electron chi connectivity index (χ3n) is 3.37. The SMILES string of the molecule is CC1CNCCN1C(=O)c1cc(C(C)(C)C)[nH]n1.Cl. The first-order chi connectivity index (χ1) is 8.39. The molecule has 1 unspecified atom stereocenters. The fraction of sp³-hybridized carbons (Fsp3) is 0.692. The highest BCUT2D eigenvalue weighted by Crippen LogP contribution is 2.21. The van der Waals surface area contributed by atoms with Crippen molar-refractivity contribution >= 4 is 18.3 Å². The molecule has 2 heterocycles. The quantitative estimate of drug-likeness (QED) is 0.824. The molecule has 0 saturated carbocycles. The maximum absolute atomic E-state index is 12.4. The standard InChI is InChI=1S/C13H22N4O.ClH/c1-9-8-14-5-6-17(9)12(18)10-7-11(16-15-10)13(2,3)4;/h7,9,14H,5-6,8H2,1-4H3,(H,15,16);1H. The number of nitrogens with one attached hydrogen (secondary N) is 2. The summed E-state index contributed by atoms with van der Waals surface area (Å²) in [6.45, 7) is 10.8. The largest absolute Gasteiger partial charge is 0.332 e. The molecule has 6 heteroatoms. The minimum Gasteiger partial charge on any atom is -0.332 e. The van der Waals surface area contributed by atoms with E-state index in [-0.39, 0.29) is 29.8 Å². The number of hydrogen-bond donors (Lipinski definition) is 2. The van der Waals surface area contributed by atoms with Crippen LogP contribution in [0.1, 0.15) is 43.9 Å². The molecule has 1 atom stereocenters. The molecule has 1 aliphatic heterocycles. The number of aromatic amines is 1. The van der Waals surface area contributed by atoms with Crippen LogP contribution in [-0.4, -0.2) is 46.7 Å². The van der Waals surface area contributed by atoms with Crippen LogP contribution in [0, 0.1) is 0 Å². The summed E-state index contributed by atoms with van der Waals surface area (Å²) in [4.78, 5) is 14.3. The van der Waals surface area contributed by atoms with Crippen LogP contribution in [0.25, 0.3) is 0 Å². The molecule has 1 aromatic rings. The van der Waals surface area contributed by atoms with Gasteiger partial charge in [-0.25, -0.2) is 0 Å². The molecular formula is C13H23ClN4O. The predicted molar refractivity (Wildman–Crippen MR) is 77.9 cm³/mol. The fourth-order valence-corrected chi connectivity index (χ4v) is 2.11. The molecule has 2 N–H and O–H groups in total. The lowest BCUT2D eigenvalue weighted by Crippen LogP contribution is -2.52. The Morgan fingerprint density at radius 2 is 2.16 bits per heavy atom. The molecule has 5 nitrogen and oxygen atoms in total. The van der Waals surface area contributed by atoms with Crippen LogP contribution >= 0.6 is 12.4 Å². The van der Waals surface area contributed by atoms with Gasteiger partial charge >= 0.3 is 0 Å². The number of hydrogen-bond acceptors (Lipinski definition) is 3. The van der Waals surface area contributed by atoms with Crippen molar-refractivity contribution < 1.29 is 4.79 Å². The normalized spacial score (nSPS) is 20.0. The van der Waals surface area contributed by atoms with Crippen LogP contribution in [-0.2, 0) is 5.41 Å². The fourth-order valence-electron chi connectivity index (χ4n) is 2.11. The lowest BCUT2D eigenvalue weighted by atomic mass is 9.92. The average molecular weight is 287 g/mol. The van der Waals surface area contributed by atoms with Gasteiger partial charge < -0.3 is 10.2 Å². The second-order valence-electron chi connectivity index (χ2n) is 5.97. The van der Waals surface area contributed by atoms with Gasteiger partial charge in [-0.3, -0.25) is 9.89 Å². The van der Waals surface area contributed by atoms with E-state index in [4.69, 9.17) is 0 Å². The average Bonchev–Trinajstić information content (AvgIpc) is 2.77. The molecule has 1 amide bonds. The zero-order chi connectivity index (χ0) is 13.3. The second-order valence-corrected chi connectivity index (χ2v) is 5.97. The molecule has 1 aliphatic rings. The van der Waals surface area contributed by atoms with E-state index in [1.807, 2.05) is 11.0 Å². The lowest BCUT2D eigenvalue weighted by Gasteiger charge is -2.33. The van der Waals surface area contributed by atoms with E-state index in [1.54, 1.807) is 0 Å². The molecule has 0 aromatic carbocycles. The van der Waals surface area contributed by atoms with Crippen molar-refractivity contribution in [2.75, 3.05) is 19.6 Å². The van der Waals surface area contributed by atoms with Gasteiger partial charge in [0, 0.05) is 36.8 Å². The number of carbonyl (C=O) groups excluding carboxylic acids is 1. The van der Waals surface area contributed by atoms with E-state index >= 15 is 0 Å². The van der Waals surface area contributed by atoms with Gasteiger partial charge in [-0.05, 0) is 13.0 Å². The molecule has 0 radical (unpaired) electrons. The molecule has 2 rings (SSSR count). The molecule has 1 saturated heterocycles. The van der Waals surface area contributed by atoms with Crippen molar-refractivity contribution in [3.8, 4) is 0 Å². The van der Waals surface area contributed by atoms with Gasteiger partial charge in [0.05, 0.1) is 0 Å². The Morgan fingerprint density at radius 1 is 1.47 bits per heavy atom. The highest BCUT2D eigenvalue weighted by Gasteiger charge is 2.27. The topological polar surface area (TPSA) is 61.0 Å². The van der Waals surface area contributed by atoms with E-state index in [1.165, 1.54) is 0 Å². The second kappa shape index (κ2) is 5.92. The van der Waals surface area contributed by atoms with Crippen LogP contribution in [0.15, 0.2) is 6.07 Å². The molecule has 0 aliphatic carbocycles. The maximum atomic E-state index is 12.4. The summed E-state index contributed by atoms with van der Waals surface area (Å²) in [6, 6.07) is 2.10. The molecule has 0 spiro atoms. The predicted octanol–water partition coefficient (Wildman–Crippen LogP) is 1.56. The van der Waals surface area contributed by atoms with Crippen LogP contribution < -0.4 is 5.32 Å². The maximum Gasteiger partial charge on any atom is 0.274 e. The molecule has 0 bridgehead atoms. The smallest absolute Gasteiger partial charge is 0.274 e. The number of halogens is 1. The van der Waals surface area contributed by atoms with Crippen molar-refractivity contribution in [1.82, 2.24) is 20.4 Å². The summed E-state index contributed by atoms with van der Waals surface area (Å²) in [7, 11) is 0. The van der Waals surface area contributed by atoms with Crippen LogP contribution in [0.4, 0.5) is 0 Å². The summed E-state index contributed by atoms with van der Waals surface area (Å²) in [5.74, 6) is 0.0238. The van der Waals surface area contributed by atoms with Crippen molar-refractivity contribution in [2.45, 2.75) is 39.2 Å². The van der Waals surface area contributed by atoms with Gasteiger partial charge in [-0.1, -0.05) is 20.8 Å². The van der Waals surface area contributed by atoms with Gasteiger partial charge in [-0.15, -0.1) is 12.4 Å². The first kappa shape index (κ1) is 16.0. The van der Waals surface area contributed by atoms with Crippen molar-refractivity contribution in [3.05, 3.63) is 17.5 Å². The Bertz CT molecular complexity index is 438. The van der Waals surface area contributed by atoms with Crippen LogP contribution in [0.5, 0.6) is 0 Å². The van der Waals surface area contributed by atoms with Gasteiger partial charge in [0.25, 0.3) is 5.91 Å². The minimum absolute atomic E-state index is 0. The molecular weight excluding hydrogens is 264 g/mol. The van der Waals surface area contributed by atoms with E-state index in [2.05, 4.69) is 43.2 Å². The first-order valence-electron chi connectivity index (χ1n) is 6.47. The Labute approximate surface area is 120 Å². The highest BCUT2D eigenvalue weighted by molar-refractivity contribution is 5.92. The third kappa shape index (κ3) is 3.48. The van der Waals surface area contributed by atoms with Crippen LogP contribution in [0.2, 0.25) is 0 Å².